The Morgan fingerprint density at radius 2 is 2.11 bits per heavy atom. The third kappa shape index (κ3) is 3.96. The molecule has 0 saturated carbocycles. The average molecular weight is 262 g/mol. The Balaban J connectivity index is 2.11. The summed E-state index contributed by atoms with van der Waals surface area (Å²) in [6.07, 6.45) is 4.43. The van der Waals surface area contributed by atoms with Crippen molar-refractivity contribution < 1.29 is 4.43 Å². The van der Waals surface area contributed by atoms with Crippen molar-refractivity contribution in [1.29, 1.82) is 0 Å². The molecule has 4 heteroatoms. The van der Waals surface area contributed by atoms with E-state index in [1.807, 2.05) is 30.5 Å². The summed E-state index contributed by atoms with van der Waals surface area (Å²) < 4.78 is 6.05. The molecule has 3 nitrogen and oxygen atoms in total. The van der Waals surface area contributed by atoms with Gasteiger partial charge in [0, 0.05) is 12.3 Å². The number of benzene rings is 1. The van der Waals surface area contributed by atoms with Crippen molar-refractivity contribution >= 4 is 20.2 Å². The molecule has 1 aromatic carbocycles. The first-order valence-electron chi connectivity index (χ1n) is 6.60. The van der Waals surface area contributed by atoms with Crippen LogP contribution in [-0.2, 0) is 0 Å². The molecule has 0 radical (unpaired) electrons. The van der Waals surface area contributed by atoms with Crippen LogP contribution in [0.4, 0.5) is 5.69 Å². The number of nitrogens with zero attached hydrogens (tertiary/aromatic N) is 1. The van der Waals surface area contributed by atoms with Crippen LogP contribution < -0.4 is 9.74 Å². The number of nitrogens with one attached hydrogen (secondary N) is 1. The number of para-hydroxylation sites is 2. The van der Waals surface area contributed by atoms with Crippen LogP contribution in [0.15, 0.2) is 29.3 Å². The molecule has 0 bridgehead atoms. The van der Waals surface area contributed by atoms with Crippen molar-refractivity contribution in [2.45, 2.75) is 38.5 Å². The smallest absolute Gasteiger partial charge is 0.242 e. The van der Waals surface area contributed by atoms with Gasteiger partial charge in [-0.25, -0.2) is 0 Å². The van der Waals surface area contributed by atoms with Crippen molar-refractivity contribution in [2.24, 2.45) is 4.99 Å². The molecule has 2 rings (SSSR count). The lowest BCUT2D eigenvalue weighted by molar-refractivity contribution is 0.559. The van der Waals surface area contributed by atoms with Crippen LogP contribution >= 0.6 is 0 Å². The predicted molar refractivity (Wildman–Crippen MR) is 79.6 cm³/mol. The van der Waals surface area contributed by atoms with Gasteiger partial charge < -0.3 is 9.74 Å². The lowest BCUT2D eigenvalue weighted by atomic mass is 10.2. The van der Waals surface area contributed by atoms with E-state index in [0.29, 0.717) is 6.04 Å². The summed E-state index contributed by atoms with van der Waals surface area (Å²) in [4.78, 5) is 4.58. The summed E-state index contributed by atoms with van der Waals surface area (Å²) >= 11 is 0. The largest absolute Gasteiger partial charge is 0.543 e. The van der Waals surface area contributed by atoms with Gasteiger partial charge in [0.25, 0.3) is 0 Å². The second-order valence-electron chi connectivity index (χ2n) is 5.66. The van der Waals surface area contributed by atoms with E-state index in [9.17, 15) is 0 Å². The first-order chi connectivity index (χ1) is 8.54. The molecule has 0 aliphatic carbocycles. The van der Waals surface area contributed by atoms with Crippen LogP contribution in [-0.4, -0.2) is 27.1 Å². The Kier molecular flexibility index (Phi) is 4.19. The lowest BCUT2D eigenvalue weighted by Crippen LogP contribution is -2.29. The van der Waals surface area contributed by atoms with Crippen LogP contribution in [0.2, 0.25) is 19.6 Å². The monoisotopic (exact) mass is 262 g/mol. The van der Waals surface area contributed by atoms with Crippen molar-refractivity contribution in [1.82, 2.24) is 5.32 Å². The molecule has 0 aromatic heterocycles. The Morgan fingerprint density at radius 1 is 1.33 bits per heavy atom. The fourth-order valence-electron chi connectivity index (χ4n) is 1.99. The number of rotatable bonds is 4. The molecular weight excluding hydrogens is 240 g/mol. The number of hydrogen-bond acceptors (Lipinski definition) is 3. The van der Waals surface area contributed by atoms with Gasteiger partial charge >= 0.3 is 0 Å². The summed E-state index contributed by atoms with van der Waals surface area (Å²) in [5.41, 5.74) is 0.939. The van der Waals surface area contributed by atoms with E-state index in [1.165, 1.54) is 12.8 Å². The molecule has 98 valence electrons. The van der Waals surface area contributed by atoms with Gasteiger partial charge in [0.1, 0.15) is 11.4 Å². The zero-order valence-corrected chi connectivity index (χ0v) is 12.4. The molecule has 0 amide bonds. The summed E-state index contributed by atoms with van der Waals surface area (Å²) in [7, 11) is -1.58. The molecule has 1 heterocycles. The first-order valence-corrected chi connectivity index (χ1v) is 10.0. The molecule has 0 spiro atoms. The maximum absolute atomic E-state index is 6.05. The Hall–Kier alpha value is -1.13. The van der Waals surface area contributed by atoms with E-state index in [0.717, 1.165) is 18.0 Å². The van der Waals surface area contributed by atoms with Gasteiger partial charge in [-0.2, -0.15) is 0 Å². The molecule has 1 aliphatic heterocycles. The zero-order chi connectivity index (χ0) is 13.0. The molecule has 1 aliphatic rings. The molecule has 1 fully saturated rings. The van der Waals surface area contributed by atoms with Crippen molar-refractivity contribution in [2.75, 3.05) is 6.54 Å². The predicted octanol–water partition coefficient (Wildman–Crippen LogP) is 3.35. The van der Waals surface area contributed by atoms with Crippen molar-refractivity contribution in [3.63, 3.8) is 0 Å². The highest BCUT2D eigenvalue weighted by molar-refractivity contribution is 6.70. The molecule has 1 N–H and O–H groups in total. The molecule has 1 unspecified atom stereocenters. The normalized spacial score (nSPS) is 20.5. The topological polar surface area (TPSA) is 33.6 Å². The third-order valence-electron chi connectivity index (χ3n) is 2.77. The van der Waals surface area contributed by atoms with Gasteiger partial charge in [-0.3, -0.25) is 4.99 Å². The standard InChI is InChI=1S/C14H22N2OSi/c1-18(2,3)17-14-9-5-4-8-13(14)16-11-12-7-6-10-15-12/h4-5,8-9,11-12,15H,6-7,10H2,1-3H3. The first kappa shape index (κ1) is 13.3. The van der Waals surface area contributed by atoms with Gasteiger partial charge in [0.05, 0.1) is 0 Å². The van der Waals surface area contributed by atoms with E-state index < -0.39 is 8.32 Å². The summed E-state index contributed by atoms with van der Waals surface area (Å²) in [5, 5.41) is 3.41. The van der Waals surface area contributed by atoms with Gasteiger partial charge in [-0.1, -0.05) is 12.1 Å². The van der Waals surface area contributed by atoms with Gasteiger partial charge in [-0.05, 0) is 51.2 Å². The summed E-state index contributed by atoms with van der Waals surface area (Å²) in [6, 6.07) is 8.45. The van der Waals surface area contributed by atoms with Crippen LogP contribution in [0.1, 0.15) is 12.8 Å². The third-order valence-corrected chi connectivity index (χ3v) is 3.61. The van der Waals surface area contributed by atoms with Gasteiger partial charge in [0.2, 0.25) is 8.32 Å². The fourth-order valence-corrected chi connectivity index (χ4v) is 2.82. The Morgan fingerprint density at radius 3 is 2.78 bits per heavy atom. The van der Waals surface area contributed by atoms with E-state index >= 15 is 0 Å². The lowest BCUT2D eigenvalue weighted by Gasteiger charge is -2.20. The fraction of sp³-hybridized carbons (Fsp3) is 0.500. The van der Waals surface area contributed by atoms with Gasteiger partial charge in [-0.15, -0.1) is 0 Å². The molecule has 1 saturated heterocycles. The van der Waals surface area contributed by atoms with E-state index in [-0.39, 0.29) is 0 Å². The second kappa shape index (κ2) is 5.67. The highest BCUT2D eigenvalue weighted by Gasteiger charge is 2.18. The molecule has 1 atom stereocenters. The maximum Gasteiger partial charge on any atom is 0.242 e. The van der Waals surface area contributed by atoms with Gasteiger partial charge in [0.15, 0.2) is 0 Å². The highest BCUT2D eigenvalue weighted by Crippen LogP contribution is 2.29. The van der Waals surface area contributed by atoms with Crippen LogP contribution in [0.3, 0.4) is 0 Å². The minimum atomic E-state index is -1.58. The zero-order valence-electron chi connectivity index (χ0n) is 11.4. The molecular formula is C14H22N2OSi. The molecule has 18 heavy (non-hydrogen) atoms. The van der Waals surface area contributed by atoms with Crippen molar-refractivity contribution in [3.8, 4) is 5.75 Å². The summed E-state index contributed by atoms with van der Waals surface area (Å²) in [5.74, 6) is 0.908. The van der Waals surface area contributed by atoms with Crippen LogP contribution in [0.25, 0.3) is 0 Å². The minimum absolute atomic E-state index is 0.421. The highest BCUT2D eigenvalue weighted by atomic mass is 28.4. The number of hydrogen-bond donors (Lipinski definition) is 1. The maximum atomic E-state index is 6.05. The average Bonchev–Trinajstić information content (AvgIpc) is 2.79. The van der Waals surface area contributed by atoms with E-state index in [1.54, 1.807) is 0 Å². The Labute approximate surface area is 110 Å². The van der Waals surface area contributed by atoms with E-state index in [2.05, 4.69) is 30.0 Å². The quantitative estimate of drug-likeness (QED) is 0.667. The number of aliphatic imine (C=N–C) groups is 1. The van der Waals surface area contributed by atoms with Crippen LogP contribution in [0.5, 0.6) is 5.75 Å². The van der Waals surface area contributed by atoms with Crippen LogP contribution in [0, 0.1) is 0 Å². The Bertz CT molecular complexity index is 420. The van der Waals surface area contributed by atoms with E-state index in [4.69, 9.17) is 4.43 Å². The summed E-state index contributed by atoms with van der Waals surface area (Å²) in [6.45, 7) is 7.66. The van der Waals surface area contributed by atoms with Crippen molar-refractivity contribution in [3.05, 3.63) is 24.3 Å². The second-order valence-corrected chi connectivity index (χ2v) is 10.1. The minimum Gasteiger partial charge on any atom is -0.543 e. The SMILES string of the molecule is C[Si](C)(C)Oc1ccccc1N=CC1CCCN1. The molecule has 1 aromatic rings.